The van der Waals surface area contributed by atoms with Crippen molar-refractivity contribution in [3.8, 4) is 11.5 Å². The van der Waals surface area contributed by atoms with Gasteiger partial charge in [0.2, 0.25) is 0 Å². The van der Waals surface area contributed by atoms with Crippen LogP contribution >= 0.6 is 0 Å². The molecular formula is C39H58O5. The van der Waals surface area contributed by atoms with E-state index in [-0.39, 0.29) is 45.2 Å². The van der Waals surface area contributed by atoms with E-state index in [4.69, 9.17) is 4.74 Å². The summed E-state index contributed by atoms with van der Waals surface area (Å²) in [5, 5.41) is 31.1. The zero-order valence-electron chi connectivity index (χ0n) is 28.6. The molecule has 1 aromatic carbocycles. The zero-order chi connectivity index (χ0) is 32.3. The minimum Gasteiger partial charge on any atom is -0.504 e. The molecule has 0 radical (unpaired) electrons. The predicted octanol–water partition coefficient (Wildman–Crippen LogP) is 9.21. The van der Waals surface area contributed by atoms with Gasteiger partial charge in [0.25, 0.3) is 0 Å². The number of carbonyl (C=O) groups excluding carboxylic acids is 1. The van der Waals surface area contributed by atoms with Gasteiger partial charge in [-0.3, -0.25) is 0 Å². The Bertz CT molecular complexity index is 1300. The number of fused-ring (bicyclic) bond motifs is 5. The van der Waals surface area contributed by atoms with E-state index >= 15 is 0 Å². The van der Waals surface area contributed by atoms with Gasteiger partial charge in [0.05, 0.1) is 5.60 Å². The number of aliphatic hydroxyl groups is 1. The number of ether oxygens (including phenoxy) is 1. The van der Waals surface area contributed by atoms with Gasteiger partial charge in [-0.2, -0.15) is 0 Å². The molecule has 3 N–H and O–H groups in total. The summed E-state index contributed by atoms with van der Waals surface area (Å²) in [5.41, 5.74) is 1.86. The average molecular weight is 607 g/mol. The van der Waals surface area contributed by atoms with Crippen molar-refractivity contribution in [2.24, 2.45) is 45.3 Å². The fourth-order valence-corrected chi connectivity index (χ4v) is 11.5. The number of aromatic hydroxyl groups is 2. The highest BCUT2D eigenvalue weighted by Gasteiger charge is 2.69. The van der Waals surface area contributed by atoms with E-state index in [1.165, 1.54) is 49.5 Å². The molecule has 1 unspecified atom stereocenters. The molecule has 0 bridgehead atoms. The Labute approximate surface area is 266 Å². The second kappa shape index (κ2) is 11.5. The molecule has 0 aromatic heterocycles. The van der Waals surface area contributed by atoms with Crippen molar-refractivity contribution in [3.05, 3.63) is 41.5 Å². The molecule has 0 spiro atoms. The third-order valence-corrected chi connectivity index (χ3v) is 14.0. The second-order valence-electron chi connectivity index (χ2n) is 16.9. The molecule has 4 aliphatic rings. The molecule has 0 heterocycles. The molecular weight excluding hydrogens is 548 g/mol. The van der Waals surface area contributed by atoms with Crippen LogP contribution in [-0.4, -0.2) is 33.0 Å². The van der Waals surface area contributed by atoms with E-state index in [0.717, 1.165) is 38.5 Å². The van der Waals surface area contributed by atoms with E-state index in [2.05, 4.69) is 61.5 Å². The van der Waals surface area contributed by atoms with Gasteiger partial charge in [0.15, 0.2) is 11.5 Å². The van der Waals surface area contributed by atoms with Crippen LogP contribution in [0.15, 0.2) is 35.9 Å². The normalized spacial score (nSPS) is 39.1. The van der Waals surface area contributed by atoms with Crippen molar-refractivity contribution >= 4 is 12.0 Å². The van der Waals surface area contributed by atoms with Crippen molar-refractivity contribution in [2.75, 3.05) is 0 Å². The van der Waals surface area contributed by atoms with E-state index in [1.54, 1.807) is 12.1 Å². The number of esters is 1. The average Bonchev–Trinajstić information content (AvgIpc) is 3.30. The molecule has 0 saturated heterocycles. The number of carbonyl (C=O) groups is 1. The largest absolute Gasteiger partial charge is 0.504 e. The molecule has 5 rings (SSSR count). The molecule has 5 heteroatoms. The molecule has 5 nitrogen and oxygen atoms in total. The van der Waals surface area contributed by atoms with E-state index in [9.17, 15) is 20.1 Å². The monoisotopic (exact) mass is 606 g/mol. The number of phenolic OH excluding ortho intramolecular Hbond substituents is 2. The van der Waals surface area contributed by atoms with Crippen molar-refractivity contribution in [1.29, 1.82) is 0 Å². The Morgan fingerprint density at radius 2 is 1.64 bits per heavy atom. The maximum atomic E-state index is 13.0. The predicted molar refractivity (Wildman–Crippen MR) is 177 cm³/mol. The van der Waals surface area contributed by atoms with Crippen LogP contribution in [0.25, 0.3) is 6.08 Å². The number of allylic oxidation sites excluding steroid dienone is 2. The van der Waals surface area contributed by atoms with Crippen molar-refractivity contribution in [2.45, 2.75) is 131 Å². The first kappa shape index (κ1) is 33.1. The first-order valence-electron chi connectivity index (χ1n) is 17.2. The summed E-state index contributed by atoms with van der Waals surface area (Å²) < 4.78 is 6.16. The third-order valence-electron chi connectivity index (χ3n) is 14.0. The lowest BCUT2D eigenvalue weighted by Gasteiger charge is -2.70. The minimum absolute atomic E-state index is 0.140. The van der Waals surface area contributed by atoms with Crippen molar-refractivity contribution in [3.63, 3.8) is 0 Å². The van der Waals surface area contributed by atoms with E-state index in [0.29, 0.717) is 29.2 Å². The molecule has 44 heavy (non-hydrogen) atoms. The molecule has 4 aliphatic carbocycles. The molecule has 244 valence electrons. The number of hydrogen-bond donors (Lipinski definition) is 3. The van der Waals surface area contributed by atoms with Crippen LogP contribution in [0, 0.1) is 45.3 Å². The Morgan fingerprint density at radius 1 is 0.932 bits per heavy atom. The van der Waals surface area contributed by atoms with Crippen LogP contribution in [0.3, 0.4) is 0 Å². The molecule has 0 amide bonds. The Hall–Kier alpha value is -2.27. The summed E-state index contributed by atoms with van der Waals surface area (Å²) in [7, 11) is 0. The number of hydrogen-bond acceptors (Lipinski definition) is 5. The lowest BCUT2D eigenvalue weighted by Crippen LogP contribution is -2.64. The van der Waals surface area contributed by atoms with Crippen molar-refractivity contribution < 1.29 is 24.9 Å². The van der Waals surface area contributed by atoms with Crippen LogP contribution in [0.5, 0.6) is 11.5 Å². The first-order chi connectivity index (χ1) is 20.5. The van der Waals surface area contributed by atoms with Gasteiger partial charge >= 0.3 is 5.97 Å². The highest BCUT2D eigenvalue weighted by Crippen LogP contribution is 2.76. The first-order valence-corrected chi connectivity index (χ1v) is 17.2. The second-order valence-corrected chi connectivity index (χ2v) is 16.9. The van der Waals surface area contributed by atoms with Crippen LogP contribution in [-0.2, 0) is 9.53 Å². The Kier molecular flexibility index (Phi) is 8.66. The highest BCUT2D eigenvalue weighted by molar-refractivity contribution is 5.87. The fraction of sp³-hybridized carbons (Fsp3) is 0.718. The lowest BCUT2D eigenvalue weighted by molar-refractivity contribution is -0.229. The van der Waals surface area contributed by atoms with Gasteiger partial charge in [-0.05, 0) is 149 Å². The van der Waals surface area contributed by atoms with Gasteiger partial charge in [-0.15, -0.1) is 0 Å². The zero-order valence-corrected chi connectivity index (χ0v) is 28.6. The summed E-state index contributed by atoms with van der Waals surface area (Å²) in [6.45, 7) is 18.8. The summed E-state index contributed by atoms with van der Waals surface area (Å²) in [5.74, 6) is 1.28. The highest BCUT2D eigenvalue weighted by atomic mass is 16.5. The topological polar surface area (TPSA) is 87.0 Å². The van der Waals surface area contributed by atoms with Crippen molar-refractivity contribution in [1.82, 2.24) is 0 Å². The summed E-state index contributed by atoms with van der Waals surface area (Å²) in [6, 6.07) is 4.50. The van der Waals surface area contributed by atoms with Gasteiger partial charge in [0.1, 0.15) is 6.10 Å². The molecule has 4 saturated carbocycles. The smallest absolute Gasteiger partial charge is 0.331 e. The van der Waals surface area contributed by atoms with Gasteiger partial charge in [-0.25, -0.2) is 4.79 Å². The molecule has 4 fully saturated rings. The van der Waals surface area contributed by atoms with Crippen LogP contribution < -0.4 is 0 Å². The Balaban J connectivity index is 1.31. The van der Waals surface area contributed by atoms with Crippen LogP contribution in [0.2, 0.25) is 0 Å². The number of rotatable bonds is 7. The molecule has 1 aromatic rings. The summed E-state index contributed by atoms with van der Waals surface area (Å²) in [6.07, 6.45) is 16.0. The van der Waals surface area contributed by atoms with Gasteiger partial charge < -0.3 is 20.1 Å². The number of benzene rings is 1. The fourth-order valence-electron chi connectivity index (χ4n) is 11.5. The lowest BCUT2D eigenvalue weighted by atomic mass is 9.35. The quantitative estimate of drug-likeness (QED) is 0.125. The van der Waals surface area contributed by atoms with Gasteiger partial charge in [-0.1, -0.05) is 52.3 Å². The van der Waals surface area contributed by atoms with Gasteiger partial charge in [0, 0.05) is 11.5 Å². The van der Waals surface area contributed by atoms with Crippen LogP contribution in [0.1, 0.15) is 125 Å². The summed E-state index contributed by atoms with van der Waals surface area (Å²) >= 11 is 0. The molecule has 0 aliphatic heterocycles. The molecule has 9 atom stereocenters. The number of phenols is 2. The maximum Gasteiger partial charge on any atom is 0.331 e. The maximum absolute atomic E-state index is 13.0. The van der Waals surface area contributed by atoms with E-state index < -0.39 is 5.60 Å². The van der Waals surface area contributed by atoms with E-state index in [1.807, 2.05) is 0 Å². The summed E-state index contributed by atoms with van der Waals surface area (Å²) in [4.78, 5) is 13.0. The Morgan fingerprint density at radius 3 is 2.32 bits per heavy atom. The third kappa shape index (κ3) is 5.43. The minimum atomic E-state index is -0.625. The standard InChI is InChI=1S/C39H58O5/c1-25(2)10-9-20-39(8,43)28-17-22-37(6)27(28)13-15-32-36(5)21-19-33(35(3,4)31(36)18-23-38(32,37)7)44-34(42)16-12-26-11-14-29(40)30(41)24-26/h10-12,14,16,24,27-28,31-33,40-41,43H,9,13,15,17-23H2,1-8H3/t27-,28-,31-,32+,33?,36+,37-,38-,39+/m1/s1. The SMILES string of the molecule is CC(C)=CCC[C@](C)(O)[C@@H]1CC[C@]2(C)[C@@H]1CC[C@H]1[C@@]3(C)CCC(OC(=O)C=Cc4ccc(O)c(O)c4)C(C)(C)[C@H]3CC[C@]12C. The van der Waals surface area contributed by atoms with Crippen LogP contribution in [0.4, 0.5) is 0 Å².